The Morgan fingerprint density at radius 3 is 2.76 bits per heavy atom. The first-order valence-corrected chi connectivity index (χ1v) is 6.75. The maximum Gasteiger partial charge on any atom is 0.285 e. The molecule has 1 aromatic carbocycles. The van der Waals surface area contributed by atoms with Crippen molar-refractivity contribution in [3.63, 3.8) is 0 Å². The molecule has 0 atom stereocenters. The Bertz CT molecular complexity index is 561. The van der Waals surface area contributed by atoms with E-state index < -0.39 is 22.3 Å². The predicted molar refractivity (Wildman–Crippen MR) is 75.2 cm³/mol. The highest BCUT2D eigenvalue weighted by Crippen LogP contribution is 2.33. The number of nitro groups is 1. The van der Waals surface area contributed by atoms with Crippen LogP contribution in [0.3, 0.4) is 0 Å². The largest absolute Gasteiger partial charge is 0.352 e. The lowest BCUT2D eigenvalue weighted by Crippen LogP contribution is -2.26. The van der Waals surface area contributed by atoms with Gasteiger partial charge in [-0.2, -0.15) is 0 Å². The number of hydrogen-bond acceptors (Lipinski definition) is 5. The summed E-state index contributed by atoms with van der Waals surface area (Å²) in [6.45, 7) is 0.440. The summed E-state index contributed by atoms with van der Waals surface area (Å²) in [4.78, 5) is 22.1. The standard InChI is InChI=1S/C13H17FN4O3/c14-10-7-12(18(20)21)9(6-11(10)17-15)13(19)16-5-1-2-8-3-4-8/h6-8,17H,1-5,15H2,(H,16,19). The van der Waals surface area contributed by atoms with Crippen molar-refractivity contribution >= 4 is 17.3 Å². The Kier molecular flexibility index (Phi) is 4.69. The molecule has 1 amide bonds. The predicted octanol–water partition coefficient (Wildman–Crippen LogP) is 1.94. The van der Waals surface area contributed by atoms with E-state index in [0.29, 0.717) is 12.6 Å². The molecular weight excluding hydrogens is 279 g/mol. The van der Waals surface area contributed by atoms with E-state index in [4.69, 9.17) is 5.84 Å². The zero-order valence-corrected chi connectivity index (χ0v) is 11.4. The van der Waals surface area contributed by atoms with E-state index in [9.17, 15) is 19.3 Å². The summed E-state index contributed by atoms with van der Waals surface area (Å²) in [7, 11) is 0. The number of benzene rings is 1. The number of amides is 1. The fourth-order valence-corrected chi connectivity index (χ4v) is 2.10. The van der Waals surface area contributed by atoms with Gasteiger partial charge in [-0.25, -0.2) is 4.39 Å². The molecule has 1 aliphatic carbocycles. The highest BCUT2D eigenvalue weighted by Gasteiger charge is 2.24. The van der Waals surface area contributed by atoms with Crippen molar-refractivity contribution in [1.82, 2.24) is 5.32 Å². The molecule has 114 valence electrons. The monoisotopic (exact) mass is 296 g/mol. The van der Waals surface area contributed by atoms with Crippen LogP contribution in [0.25, 0.3) is 0 Å². The quantitative estimate of drug-likeness (QED) is 0.308. The lowest BCUT2D eigenvalue weighted by Gasteiger charge is -2.08. The molecule has 7 nitrogen and oxygen atoms in total. The van der Waals surface area contributed by atoms with E-state index in [0.717, 1.165) is 24.8 Å². The number of halogens is 1. The van der Waals surface area contributed by atoms with Crippen LogP contribution in [0.5, 0.6) is 0 Å². The van der Waals surface area contributed by atoms with Crippen LogP contribution in [0, 0.1) is 21.8 Å². The first-order chi connectivity index (χ1) is 10.0. The van der Waals surface area contributed by atoms with Gasteiger partial charge in [-0.05, 0) is 24.8 Å². The van der Waals surface area contributed by atoms with Crippen LogP contribution in [-0.2, 0) is 0 Å². The number of rotatable bonds is 7. The number of hydrazine groups is 1. The molecule has 0 saturated heterocycles. The lowest BCUT2D eigenvalue weighted by molar-refractivity contribution is -0.385. The second-order valence-electron chi connectivity index (χ2n) is 5.09. The minimum Gasteiger partial charge on any atom is -0.352 e. The number of nitrogens with one attached hydrogen (secondary N) is 2. The number of nitrogens with two attached hydrogens (primary N) is 1. The number of carbonyl (C=O) groups excluding carboxylic acids is 1. The summed E-state index contributed by atoms with van der Waals surface area (Å²) in [6, 6.07) is 1.73. The van der Waals surface area contributed by atoms with Gasteiger partial charge in [0.2, 0.25) is 0 Å². The van der Waals surface area contributed by atoms with Crippen LogP contribution in [0.15, 0.2) is 12.1 Å². The van der Waals surface area contributed by atoms with Crippen LogP contribution in [0.2, 0.25) is 0 Å². The van der Waals surface area contributed by atoms with Gasteiger partial charge in [0.1, 0.15) is 5.56 Å². The van der Waals surface area contributed by atoms with Gasteiger partial charge in [0.15, 0.2) is 5.82 Å². The lowest BCUT2D eigenvalue weighted by atomic mass is 10.1. The molecule has 0 bridgehead atoms. The van der Waals surface area contributed by atoms with Gasteiger partial charge >= 0.3 is 0 Å². The van der Waals surface area contributed by atoms with Crippen LogP contribution < -0.4 is 16.6 Å². The maximum atomic E-state index is 13.5. The third-order valence-electron chi connectivity index (χ3n) is 3.45. The van der Waals surface area contributed by atoms with E-state index in [-0.39, 0.29) is 11.3 Å². The topological polar surface area (TPSA) is 110 Å². The molecule has 21 heavy (non-hydrogen) atoms. The van der Waals surface area contributed by atoms with Crippen LogP contribution in [0.1, 0.15) is 36.0 Å². The number of nitrogens with zero attached hydrogens (tertiary/aromatic N) is 1. The van der Waals surface area contributed by atoms with Gasteiger partial charge in [0, 0.05) is 6.54 Å². The van der Waals surface area contributed by atoms with E-state index in [2.05, 4.69) is 10.7 Å². The summed E-state index contributed by atoms with van der Waals surface area (Å²) in [5, 5.41) is 13.5. The molecule has 1 aromatic rings. The summed E-state index contributed by atoms with van der Waals surface area (Å²) >= 11 is 0. The number of nitrogen functional groups attached to an aromatic ring is 1. The molecular formula is C13H17FN4O3. The maximum absolute atomic E-state index is 13.5. The third-order valence-corrected chi connectivity index (χ3v) is 3.45. The highest BCUT2D eigenvalue weighted by atomic mass is 19.1. The van der Waals surface area contributed by atoms with Gasteiger partial charge in [0.05, 0.1) is 16.7 Å². The van der Waals surface area contributed by atoms with E-state index in [1.54, 1.807) is 0 Å². The average molecular weight is 296 g/mol. The number of hydrogen-bond donors (Lipinski definition) is 3. The minimum atomic E-state index is -0.880. The summed E-state index contributed by atoms with van der Waals surface area (Å²) in [5.41, 5.74) is 1.12. The van der Waals surface area contributed by atoms with Crippen molar-refractivity contribution in [2.45, 2.75) is 25.7 Å². The van der Waals surface area contributed by atoms with E-state index in [1.165, 1.54) is 12.8 Å². The van der Waals surface area contributed by atoms with Gasteiger partial charge in [-0.1, -0.05) is 12.8 Å². The fraction of sp³-hybridized carbons (Fsp3) is 0.462. The zero-order valence-electron chi connectivity index (χ0n) is 11.4. The van der Waals surface area contributed by atoms with Gasteiger partial charge in [0.25, 0.3) is 11.6 Å². The summed E-state index contributed by atoms with van der Waals surface area (Å²) < 4.78 is 13.5. The molecule has 1 aliphatic rings. The van der Waals surface area contributed by atoms with Gasteiger partial charge < -0.3 is 10.7 Å². The first-order valence-electron chi connectivity index (χ1n) is 6.75. The summed E-state index contributed by atoms with van der Waals surface area (Å²) in [6.07, 6.45) is 4.35. The molecule has 0 aromatic heterocycles. The average Bonchev–Trinajstić information content (AvgIpc) is 3.27. The van der Waals surface area contributed by atoms with Crippen molar-refractivity contribution in [1.29, 1.82) is 0 Å². The Hall–Kier alpha value is -2.22. The fourth-order valence-electron chi connectivity index (χ4n) is 2.10. The van der Waals surface area contributed by atoms with E-state index >= 15 is 0 Å². The molecule has 2 rings (SSSR count). The van der Waals surface area contributed by atoms with Crippen LogP contribution in [-0.4, -0.2) is 17.4 Å². The number of carbonyl (C=O) groups is 1. The Balaban J connectivity index is 2.07. The third kappa shape index (κ3) is 3.88. The molecule has 1 fully saturated rings. The Morgan fingerprint density at radius 1 is 1.48 bits per heavy atom. The van der Waals surface area contributed by atoms with Crippen molar-refractivity contribution < 1.29 is 14.1 Å². The van der Waals surface area contributed by atoms with Crippen molar-refractivity contribution in [3.8, 4) is 0 Å². The molecule has 0 heterocycles. The van der Waals surface area contributed by atoms with Crippen LogP contribution >= 0.6 is 0 Å². The first kappa shape index (κ1) is 15.2. The molecule has 0 unspecified atom stereocenters. The SMILES string of the molecule is NNc1cc(C(=O)NCCCC2CC2)c([N+](=O)[O-])cc1F. The van der Waals surface area contributed by atoms with Crippen molar-refractivity contribution in [2.75, 3.05) is 12.0 Å². The molecule has 0 spiro atoms. The van der Waals surface area contributed by atoms with Crippen LogP contribution in [0.4, 0.5) is 15.8 Å². The van der Waals surface area contributed by atoms with Gasteiger partial charge in [-0.15, -0.1) is 0 Å². The molecule has 0 radical (unpaired) electrons. The van der Waals surface area contributed by atoms with E-state index in [1.807, 2.05) is 0 Å². The molecule has 0 aliphatic heterocycles. The normalized spacial score (nSPS) is 13.8. The highest BCUT2D eigenvalue weighted by molar-refractivity contribution is 5.99. The number of anilines is 1. The Morgan fingerprint density at radius 2 is 2.19 bits per heavy atom. The Labute approximate surface area is 120 Å². The second kappa shape index (κ2) is 6.49. The van der Waals surface area contributed by atoms with Crippen molar-refractivity contribution in [2.24, 2.45) is 11.8 Å². The van der Waals surface area contributed by atoms with Crippen molar-refractivity contribution in [3.05, 3.63) is 33.6 Å². The minimum absolute atomic E-state index is 0.163. The van der Waals surface area contributed by atoms with Gasteiger partial charge in [-0.3, -0.25) is 20.8 Å². The molecule has 8 heteroatoms. The zero-order chi connectivity index (χ0) is 15.4. The summed E-state index contributed by atoms with van der Waals surface area (Å²) in [5.74, 6) is 4.39. The smallest absolute Gasteiger partial charge is 0.285 e. The molecule has 1 saturated carbocycles. The number of nitro benzene ring substituents is 1. The second-order valence-corrected chi connectivity index (χ2v) is 5.09. The molecule has 4 N–H and O–H groups in total.